The Morgan fingerprint density at radius 3 is 2.32 bits per heavy atom. The number of hydrogen-bond donors (Lipinski definition) is 0. The lowest BCUT2D eigenvalue weighted by Crippen LogP contribution is -2.42. The third kappa shape index (κ3) is 4.00. The van der Waals surface area contributed by atoms with Gasteiger partial charge in [-0.15, -0.1) is 0 Å². The Balaban J connectivity index is 2.00. The largest absolute Gasteiger partial charge is 0.293 e. The molecule has 0 spiro atoms. The van der Waals surface area contributed by atoms with Crippen molar-refractivity contribution in [2.24, 2.45) is 0 Å². The van der Waals surface area contributed by atoms with Crippen LogP contribution in [0, 0.1) is 0 Å². The second-order valence-electron chi connectivity index (χ2n) is 6.62. The Hall–Kier alpha value is -0.960. The zero-order valence-electron chi connectivity index (χ0n) is 12.0. The predicted octanol–water partition coefficient (Wildman–Crippen LogP) is 4.22. The van der Waals surface area contributed by atoms with Crippen LogP contribution in [0.25, 0.3) is 0 Å². The van der Waals surface area contributed by atoms with Crippen LogP contribution in [0.1, 0.15) is 44.7 Å². The standard InChI is InChI=1S/C16H23F2N/c1-15(2,3)14-7-5-13(6-8-14)11-19-10-4-9-16(17,18)12-19/h5-8H,4,9-12H2,1-3H3. The Bertz CT molecular complexity index is 417. The van der Waals surface area contributed by atoms with Crippen molar-refractivity contribution in [3.63, 3.8) is 0 Å². The van der Waals surface area contributed by atoms with Crippen molar-refractivity contribution in [1.82, 2.24) is 4.90 Å². The van der Waals surface area contributed by atoms with Crippen LogP contribution in [-0.4, -0.2) is 23.9 Å². The smallest absolute Gasteiger partial charge is 0.260 e. The van der Waals surface area contributed by atoms with Crippen molar-refractivity contribution in [2.45, 2.75) is 51.5 Å². The van der Waals surface area contributed by atoms with Gasteiger partial charge in [0.15, 0.2) is 0 Å². The maximum absolute atomic E-state index is 13.3. The number of likely N-dealkylation sites (tertiary alicyclic amines) is 1. The Labute approximate surface area is 114 Å². The van der Waals surface area contributed by atoms with Crippen LogP contribution in [0.15, 0.2) is 24.3 Å². The van der Waals surface area contributed by atoms with Gasteiger partial charge >= 0.3 is 0 Å². The molecule has 0 aromatic heterocycles. The third-order valence-corrected chi connectivity index (χ3v) is 3.70. The summed E-state index contributed by atoms with van der Waals surface area (Å²) in [6.45, 7) is 7.82. The van der Waals surface area contributed by atoms with E-state index in [1.807, 2.05) is 4.90 Å². The van der Waals surface area contributed by atoms with Crippen molar-refractivity contribution in [3.8, 4) is 0 Å². The Morgan fingerprint density at radius 1 is 1.16 bits per heavy atom. The summed E-state index contributed by atoms with van der Waals surface area (Å²) in [4.78, 5) is 1.86. The molecule has 1 aliphatic rings. The van der Waals surface area contributed by atoms with Crippen LogP contribution < -0.4 is 0 Å². The van der Waals surface area contributed by atoms with Crippen LogP contribution in [0.4, 0.5) is 8.78 Å². The van der Waals surface area contributed by atoms with Gasteiger partial charge in [-0.05, 0) is 29.5 Å². The van der Waals surface area contributed by atoms with Crippen LogP contribution >= 0.6 is 0 Å². The van der Waals surface area contributed by atoms with Gasteiger partial charge in [0.05, 0.1) is 6.54 Å². The lowest BCUT2D eigenvalue weighted by Gasteiger charge is -2.32. The van der Waals surface area contributed by atoms with Gasteiger partial charge in [0.1, 0.15) is 0 Å². The molecular formula is C16H23F2N. The van der Waals surface area contributed by atoms with E-state index in [-0.39, 0.29) is 18.4 Å². The lowest BCUT2D eigenvalue weighted by atomic mass is 9.86. The minimum atomic E-state index is -2.51. The molecule has 0 radical (unpaired) electrons. The van der Waals surface area contributed by atoms with E-state index in [9.17, 15) is 8.78 Å². The first-order chi connectivity index (χ1) is 8.76. The normalized spacial score (nSPS) is 20.5. The summed E-state index contributed by atoms with van der Waals surface area (Å²) in [7, 11) is 0. The number of nitrogens with zero attached hydrogens (tertiary/aromatic N) is 1. The molecule has 0 atom stereocenters. The molecule has 0 aliphatic carbocycles. The van der Waals surface area contributed by atoms with Gasteiger partial charge in [0.25, 0.3) is 5.92 Å². The molecule has 0 unspecified atom stereocenters. The Kier molecular flexibility index (Phi) is 3.95. The molecule has 19 heavy (non-hydrogen) atoms. The Morgan fingerprint density at radius 2 is 1.79 bits per heavy atom. The van der Waals surface area contributed by atoms with Crippen LogP contribution in [0.3, 0.4) is 0 Å². The van der Waals surface area contributed by atoms with Crippen molar-refractivity contribution in [2.75, 3.05) is 13.1 Å². The number of hydrogen-bond acceptors (Lipinski definition) is 1. The van der Waals surface area contributed by atoms with Crippen LogP contribution in [-0.2, 0) is 12.0 Å². The monoisotopic (exact) mass is 267 g/mol. The van der Waals surface area contributed by atoms with Crippen molar-refractivity contribution >= 4 is 0 Å². The maximum atomic E-state index is 13.3. The highest BCUT2D eigenvalue weighted by atomic mass is 19.3. The van der Waals surface area contributed by atoms with Gasteiger partial charge in [-0.3, -0.25) is 4.90 Å². The van der Waals surface area contributed by atoms with Gasteiger partial charge in [-0.1, -0.05) is 45.0 Å². The van der Waals surface area contributed by atoms with E-state index in [0.29, 0.717) is 13.0 Å². The lowest BCUT2D eigenvalue weighted by molar-refractivity contribution is -0.0661. The minimum absolute atomic E-state index is 0.0342. The van der Waals surface area contributed by atoms with Crippen LogP contribution in [0.2, 0.25) is 0 Å². The summed E-state index contributed by atoms with van der Waals surface area (Å²) in [5.74, 6) is -2.51. The average Bonchev–Trinajstić information content (AvgIpc) is 2.27. The average molecular weight is 267 g/mol. The molecule has 0 saturated carbocycles. The molecule has 2 rings (SSSR count). The number of rotatable bonds is 2. The van der Waals surface area contributed by atoms with Gasteiger partial charge in [0, 0.05) is 13.0 Å². The number of piperidine rings is 1. The molecule has 0 N–H and O–H groups in total. The molecule has 1 fully saturated rings. The molecule has 1 aromatic rings. The fraction of sp³-hybridized carbons (Fsp3) is 0.625. The van der Waals surface area contributed by atoms with Gasteiger partial charge in [0.2, 0.25) is 0 Å². The fourth-order valence-corrected chi connectivity index (χ4v) is 2.55. The molecule has 0 amide bonds. The molecule has 106 valence electrons. The number of alkyl halides is 2. The van der Waals surface area contributed by atoms with Gasteiger partial charge in [-0.25, -0.2) is 8.78 Å². The minimum Gasteiger partial charge on any atom is -0.293 e. The summed E-state index contributed by atoms with van der Waals surface area (Å²) < 4.78 is 26.7. The first kappa shape index (κ1) is 14.4. The topological polar surface area (TPSA) is 3.24 Å². The first-order valence-corrected chi connectivity index (χ1v) is 6.96. The molecular weight excluding hydrogens is 244 g/mol. The summed E-state index contributed by atoms with van der Waals surface area (Å²) >= 11 is 0. The molecule has 1 aromatic carbocycles. The second kappa shape index (κ2) is 5.20. The molecule has 3 heteroatoms. The van der Waals surface area contributed by atoms with E-state index in [4.69, 9.17) is 0 Å². The van der Waals surface area contributed by atoms with Crippen molar-refractivity contribution in [3.05, 3.63) is 35.4 Å². The number of benzene rings is 1. The highest BCUT2D eigenvalue weighted by Crippen LogP contribution is 2.28. The molecule has 1 nitrogen and oxygen atoms in total. The summed E-state index contributed by atoms with van der Waals surface area (Å²) in [6.07, 6.45) is 0.625. The zero-order chi connectivity index (χ0) is 14.1. The number of halogens is 2. The van der Waals surface area contributed by atoms with Gasteiger partial charge in [-0.2, -0.15) is 0 Å². The SMILES string of the molecule is CC(C)(C)c1ccc(CN2CCCC(F)(F)C2)cc1. The summed E-state index contributed by atoms with van der Waals surface area (Å²) in [5.41, 5.74) is 2.53. The summed E-state index contributed by atoms with van der Waals surface area (Å²) in [6, 6.07) is 8.34. The van der Waals surface area contributed by atoms with E-state index in [2.05, 4.69) is 45.0 Å². The molecule has 0 bridgehead atoms. The zero-order valence-corrected chi connectivity index (χ0v) is 12.0. The highest BCUT2D eigenvalue weighted by molar-refractivity contribution is 5.27. The summed E-state index contributed by atoms with van der Waals surface area (Å²) in [5, 5.41) is 0. The van der Waals surface area contributed by atoms with E-state index in [1.54, 1.807) is 0 Å². The molecule has 1 saturated heterocycles. The quantitative estimate of drug-likeness (QED) is 0.775. The van der Waals surface area contributed by atoms with Crippen molar-refractivity contribution < 1.29 is 8.78 Å². The van der Waals surface area contributed by atoms with Crippen molar-refractivity contribution in [1.29, 1.82) is 0 Å². The second-order valence-corrected chi connectivity index (χ2v) is 6.62. The van der Waals surface area contributed by atoms with Crippen LogP contribution in [0.5, 0.6) is 0 Å². The molecule has 1 heterocycles. The highest BCUT2D eigenvalue weighted by Gasteiger charge is 2.34. The van der Waals surface area contributed by atoms with E-state index >= 15 is 0 Å². The van der Waals surface area contributed by atoms with E-state index in [0.717, 1.165) is 12.1 Å². The first-order valence-electron chi connectivity index (χ1n) is 6.96. The third-order valence-electron chi connectivity index (χ3n) is 3.70. The van der Waals surface area contributed by atoms with Gasteiger partial charge < -0.3 is 0 Å². The molecule has 1 aliphatic heterocycles. The van der Waals surface area contributed by atoms with E-state index in [1.165, 1.54) is 5.56 Å². The van der Waals surface area contributed by atoms with E-state index < -0.39 is 5.92 Å². The fourth-order valence-electron chi connectivity index (χ4n) is 2.55. The predicted molar refractivity (Wildman–Crippen MR) is 74.6 cm³/mol. The maximum Gasteiger partial charge on any atom is 0.260 e.